The van der Waals surface area contributed by atoms with Crippen molar-refractivity contribution in [3.63, 3.8) is 0 Å². The molecule has 8 nitrogen and oxygen atoms in total. The number of rotatable bonds is 5. The maximum atomic E-state index is 11.6. The maximum absolute atomic E-state index is 11.6. The van der Waals surface area contributed by atoms with Crippen molar-refractivity contribution < 1.29 is 19.5 Å². The number of carbonyl (C=O) groups excluding carboxylic acids is 2. The predicted octanol–water partition coefficient (Wildman–Crippen LogP) is 0.546. The molecule has 0 spiro atoms. The lowest BCUT2D eigenvalue weighted by Crippen LogP contribution is -2.37. The summed E-state index contributed by atoms with van der Waals surface area (Å²) in [5.74, 6) is -2.91. The molecule has 24 heavy (non-hydrogen) atoms. The Morgan fingerprint density at radius 2 is 1.79 bits per heavy atom. The highest BCUT2D eigenvalue weighted by molar-refractivity contribution is 6.35. The molecule has 2 aromatic rings. The monoisotopic (exact) mass is 326 g/mol. The SMILES string of the molecule is O=C(NCc1ccncc1)C(=O)N/N=C\c1ccccc1C(=O)O. The van der Waals surface area contributed by atoms with E-state index in [1.54, 1.807) is 36.7 Å². The van der Waals surface area contributed by atoms with Crippen LogP contribution in [-0.2, 0) is 16.1 Å². The molecule has 0 saturated carbocycles. The van der Waals surface area contributed by atoms with Crippen molar-refractivity contribution in [2.75, 3.05) is 0 Å². The van der Waals surface area contributed by atoms with E-state index in [1.165, 1.54) is 12.1 Å². The van der Waals surface area contributed by atoms with Gasteiger partial charge in [0.05, 0.1) is 11.8 Å². The minimum Gasteiger partial charge on any atom is -0.478 e. The molecule has 1 aromatic heterocycles. The first-order valence-electron chi connectivity index (χ1n) is 6.90. The number of aromatic carboxylic acids is 1. The molecular formula is C16H14N4O4. The average molecular weight is 326 g/mol. The molecule has 0 bridgehead atoms. The zero-order valence-electron chi connectivity index (χ0n) is 12.5. The Balaban J connectivity index is 1.88. The summed E-state index contributed by atoms with van der Waals surface area (Å²) in [4.78, 5) is 38.1. The fourth-order valence-electron chi connectivity index (χ4n) is 1.78. The Hall–Kier alpha value is -3.55. The number of nitrogens with one attached hydrogen (secondary N) is 2. The van der Waals surface area contributed by atoms with Gasteiger partial charge >= 0.3 is 17.8 Å². The van der Waals surface area contributed by atoms with Crippen LogP contribution in [0.1, 0.15) is 21.5 Å². The van der Waals surface area contributed by atoms with Crippen LogP contribution in [0.15, 0.2) is 53.9 Å². The summed E-state index contributed by atoms with van der Waals surface area (Å²) in [6.45, 7) is 0.181. The minimum atomic E-state index is -1.11. The lowest BCUT2D eigenvalue weighted by molar-refractivity contribution is -0.139. The van der Waals surface area contributed by atoms with Crippen LogP contribution in [0.25, 0.3) is 0 Å². The molecule has 0 aliphatic carbocycles. The minimum absolute atomic E-state index is 0.0395. The van der Waals surface area contributed by atoms with Crippen molar-refractivity contribution in [3.8, 4) is 0 Å². The molecule has 3 N–H and O–H groups in total. The molecule has 0 atom stereocenters. The predicted molar refractivity (Wildman–Crippen MR) is 85.2 cm³/mol. The zero-order chi connectivity index (χ0) is 17.4. The number of hydrogen-bond donors (Lipinski definition) is 3. The molecule has 0 fully saturated rings. The number of hydrazone groups is 1. The number of hydrogen-bond acceptors (Lipinski definition) is 5. The van der Waals surface area contributed by atoms with Crippen molar-refractivity contribution >= 4 is 24.0 Å². The Morgan fingerprint density at radius 3 is 2.50 bits per heavy atom. The summed E-state index contributed by atoms with van der Waals surface area (Å²) in [7, 11) is 0. The molecule has 2 amide bonds. The zero-order valence-corrected chi connectivity index (χ0v) is 12.5. The number of benzene rings is 1. The number of nitrogens with zero attached hydrogens (tertiary/aromatic N) is 2. The van der Waals surface area contributed by atoms with E-state index < -0.39 is 17.8 Å². The molecule has 0 radical (unpaired) electrons. The van der Waals surface area contributed by atoms with Gasteiger partial charge in [-0.15, -0.1) is 0 Å². The van der Waals surface area contributed by atoms with E-state index in [0.29, 0.717) is 5.56 Å². The summed E-state index contributed by atoms with van der Waals surface area (Å²) < 4.78 is 0. The first kappa shape index (κ1) is 16.8. The fraction of sp³-hybridized carbons (Fsp3) is 0.0625. The van der Waals surface area contributed by atoms with Gasteiger partial charge in [-0.2, -0.15) is 5.10 Å². The normalized spacial score (nSPS) is 10.3. The van der Waals surface area contributed by atoms with Gasteiger partial charge in [0, 0.05) is 24.5 Å². The molecular weight excluding hydrogens is 312 g/mol. The topological polar surface area (TPSA) is 121 Å². The quantitative estimate of drug-likeness (QED) is 0.421. The average Bonchev–Trinajstić information content (AvgIpc) is 2.60. The van der Waals surface area contributed by atoms with Crippen molar-refractivity contribution in [1.82, 2.24) is 15.7 Å². The van der Waals surface area contributed by atoms with E-state index in [4.69, 9.17) is 5.11 Å². The van der Waals surface area contributed by atoms with Crippen LogP contribution in [0.2, 0.25) is 0 Å². The third-order valence-corrected chi connectivity index (χ3v) is 2.97. The van der Waals surface area contributed by atoms with Gasteiger partial charge in [0.1, 0.15) is 0 Å². The van der Waals surface area contributed by atoms with Crippen LogP contribution >= 0.6 is 0 Å². The Labute approximate surface area is 137 Å². The summed E-state index contributed by atoms with van der Waals surface area (Å²) in [5.41, 5.74) is 3.19. The Kier molecular flexibility index (Phi) is 5.73. The van der Waals surface area contributed by atoms with Crippen molar-refractivity contribution in [2.45, 2.75) is 6.54 Å². The molecule has 1 heterocycles. The van der Waals surface area contributed by atoms with Gasteiger partial charge in [0.2, 0.25) is 0 Å². The van der Waals surface area contributed by atoms with E-state index >= 15 is 0 Å². The number of pyridine rings is 1. The van der Waals surface area contributed by atoms with Gasteiger partial charge in [-0.05, 0) is 23.8 Å². The van der Waals surface area contributed by atoms with Crippen LogP contribution in [-0.4, -0.2) is 34.1 Å². The van der Waals surface area contributed by atoms with Crippen LogP contribution in [0.5, 0.6) is 0 Å². The van der Waals surface area contributed by atoms with E-state index in [2.05, 4.69) is 15.4 Å². The molecule has 2 rings (SSSR count). The molecule has 0 saturated heterocycles. The number of carbonyl (C=O) groups is 3. The largest absolute Gasteiger partial charge is 0.478 e. The second kappa shape index (κ2) is 8.18. The molecule has 0 unspecified atom stereocenters. The highest BCUT2D eigenvalue weighted by atomic mass is 16.4. The summed E-state index contributed by atoms with van der Waals surface area (Å²) >= 11 is 0. The standard InChI is InChI=1S/C16H14N4O4/c21-14(18-9-11-5-7-17-8-6-11)15(22)20-19-10-12-3-1-2-4-13(12)16(23)24/h1-8,10H,9H2,(H,18,21)(H,20,22)(H,23,24)/b19-10-. The van der Waals surface area contributed by atoms with Crippen molar-refractivity contribution in [2.24, 2.45) is 5.10 Å². The van der Waals surface area contributed by atoms with Gasteiger partial charge in [-0.1, -0.05) is 18.2 Å². The molecule has 122 valence electrons. The number of carboxylic acid groups (broad SMARTS) is 1. The first-order chi connectivity index (χ1) is 11.6. The maximum Gasteiger partial charge on any atom is 0.336 e. The first-order valence-corrected chi connectivity index (χ1v) is 6.90. The number of carboxylic acids is 1. The van der Waals surface area contributed by atoms with E-state index in [-0.39, 0.29) is 12.1 Å². The smallest absolute Gasteiger partial charge is 0.336 e. The van der Waals surface area contributed by atoms with Crippen LogP contribution in [0.4, 0.5) is 0 Å². The third kappa shape index (κ3) is 4.73. The van der Waals surface area contributed by atoms with Crippen LogP contribution in [0, 0.1) is 0 Å². The fourth-order valence-corrected chi connectivity index (χ4v) is 1.78. The molecule has 1 aromatic carbocycles. The summed E-state index contributed by atoms with van der Waals surface area (Å²) in [6.07, 6.45) is 4.31. The molecule has 8 heteroatoms. The lowest BCUT2D eigenvalue weighted by Gasteiger charge is -2.04. The van der Waals surface area contributed by atoms with Crippen LogP contribution < -0.4 is 10.7 Å². The Bertz CT molecular complexity index is 775. The van der Waals surface area contributed by atoms with Gasteiger partial charge < -0.3 is 10.4 Å². The van der Waals surface area contributed by atoms with E-state index in [1.807, 2.05) is 5.43 Å². The van der Waals surface area contributed by atoms with E-state index in [9.17, 15) is 14.4 Å². The van der Waals surface area contributed by atoms with Gasteiger partial charge in [-0.3, -0.25) is 14.6 Å². The van der Waals surface area contributed by atoms with Crippen LogP contribution in [0.3, 0.4) is 0 Å². The van der Waals surface area contributed by atoms with Crippen molar-refractivity contribution in [1.29, 1.82) is 0 Å². The highest BCUT2D eigenvalue weighted by Gasteiger charge is 2.12. The summed E-state index contributed by atoms with van der Waals surface area (Å²) in [6, 6.07) is 9.57. The third-order valence-electron chi connectivity index (χ3n) is 2.97. The highest BCUT2D eigenvalue weighted by Crippen LogP contribution is 2.05. The second-order valence-electron chi connectivity index (χ2n) is 4.63. The van der Waals surface area contributed by atoms with Gasteiger partial charge in [0.25, 0.3) is 0 Å². The number of amides is 2. The number of aromatic nitrogens is 1. The molecule has 0 aliphatic heterocycles. The summed E-state index contributed by atoms with van der Waals surface area (Å²) in [5, 5.41) is 15.1. The molecule has 0 aliphatic rings. The van der Waals surface area contributed by atoms with E-state index in [0.717, 1.165) is 11.8 Å². The van der Waals surface area contributed by atoms with Gasteiger partial charge in [-0.25, -0.2) is 10.2 Å². The Morgan fingerprint density at radius 1 is 1.08 bits per heavy atom. The lowest BCUT2D eigenvalue weighted by atomic mass is 10.1. The van der Waals surface area contributed by atoms with Crippen molar-refractivity contribution in [3.05, 3.63) is 65.5 Å². The second-order valence-corrected chi connectivity index (χ2v) is 4.63. The van der Waals surface area contributed by atoms with Gasteiger partial charge in [0.15, 0.2) is 0 Å².